The molecule has 0 amide bonds. The molecule has 1 unspecified atom stereocenters. The van der Waals surface area contributed by atoms with Crippen molar-refractivity contribution in [2.24, 2.45) is 0 Å². The Balaban J connectivity index is 2.33. The minimum atomic E-state index is -3.15. The second-order valence-corrected chi connectivity index (χ2v) is 6.78. The van der Waals surface area contributed by atoms with E-state index in [-0.39, 0.29) is 6.04 Å². The summed E-state index contributed by atoms with van der Waals surface area (Å²) in [6.07, 6.45) is 3.00. The van der Waals surface area contributed by atoms with E-state index in [0.29, 0.717) is 6.54 Å². The fraction of sp³-hybridized carbons (Fsp3) is 0.583. The van der Waals surface area contributed by atoms with Gasteiger partial charge in [0.1, 0.15) is 5.82 Å². The minimum absolute atomic E-state index is 0.111. The summed E-state index contributed by atoms with van der Waals surface area (Å²) in [6, 6.07) is 5.64. The van der Waals surface area contributed by atoms with Crippen molar-refractivity contribution >= 4 is 15.8 Å². The van der Waals surface area contributed by atoms with Crippen LogP contribution in [0.3, 0.4) is 0 Å². The lowest BCUT2D eigenvalue weighted by molar-refractivity contribution is 0.394. The van der Waals surface area contributed by atoms with Crippen molar-refractivity contribution in [3.05, 3.63) is 23.9 Å². The fourth-order valence-electron chi connectivity index (χ4n) is 2.31. The zero-order valence-electron chi connectivity index (χ0n) is 11.0. The highest BCUT2D eigenvalue weighted by molar-refractivity contribution is 7.88. The summed E-state index contributed by atoms with van der Waals surface area (Å²) >= 11 is 0. The van der Waals surface area contributed by atoms with Crippen molar-refractivity contribution < 1.29 is 8.42 Å². The van der Waals surface area contributed by atoms with Gasteiger partial charge in [-0.15, -0.1) is 0 Å². The van der Waals surface area contributed by atoms with Crippen LogP contribution in [0.4, 0.5) is 5.82 Å². The molecular weight excluding hydrogens is 250 g/mol. The zero-order valence-corrected chi connectivity index (χ0v) is 11.8. The molecule has 0 saturated carbocycles. The summed E-state index contributed by atoms with van der Waals surface area (Å²) in [5, 5.41) is 0. The van der Waals surface area contributed by atoms with Gasteiger partial charge >= 0.3 is 0 Å². The first kappa shape index (κ1) is 13.3. The molecule has 0 bridgehead atoms. The summed E-state index contributed by atoms with van der Waals surface area (Å²) in [5.74, 6) is 0.854. The lowest BCUT2D eigenvalue weighted by Gasteiger charge is -2.22. The molecule has 0 spiro atoms. The molecule has 6 heteroatoms. The lowest BCUT2D eigenvalue weighted by Crippen LogP contribution is -2.30. The first-order chi connectivity index (χ1) is 8.39. The largest absolute Gasteiger partial charge is 0.363 e. The summed E-state index contributed by atoms with van der Waals surface area (Å²) in [4.78, 5) is 6.46. The van der Waals surface area contributed by atoms with E-state index in [9.17, 15) is 8.42 Å². The third kappa shape index (κ3) is 2.64. The Labute approximate surface area is 108 Å². The highest BCUT2D eigenvalue weighted by Gasteiger charge is 2.33. The van der Waals surface area contributed by atoms with Gasteiger partial charge in [-0.2, -0.15) is 4.31 Å². The van der Waals surface area contributed by atoms with Crippen LogP contribution in [0.2, 0.25) is 0 Å². The zero-order chi connectivity index (χ0) is 13.3. The standard InChI is InChI=1S/C12H19N3O2S/c1-14(2)12-8-4-6-10(13-12)11-7-5-9-15(11)18(3,16)17/h4,6,8,11H,5,7,9H2,1-3H3. The van der Waals surface area contributed by atoms with Crippen LogP contribution in [-0.4, -0.2) is 44.6 Å². The van der Waals surface area contributed by atoms with Crippen LogP contribution >= 0.6 is 0 Å². The fourth-order valence-corrected chi connectivity index (χ4v) is 3.44. The average Bonchev–Trinajstić information content (AvgIpc) is 2.77. The van der Waals surface area contributed by atoms with Gasteiger partial charge in [-0.1, -0.05) is 6.07 Å². The third-order valence-corrected chi connectivity index (χ3v) is 4.47. The average molecular weight is 269 g/mol. The number of sulfonamides is 1. The van der Waals surface area contributed by atoms with Crippen LogP contribution in [0.15, 0.2) is 18.2 Å². The Morgan fingerprint density at radius 2 is 2.11 bits per heavy atom. The predicted octanol–water partition coefficient (Wildman–Crippen LogP) is 1.24. The topological polar surface area (TPSA) is 53.5 Å². The minimum Gasteiger partial charge on any atom is -0.363 e. The molecule has 0 aliphatic carbocycles. The van der Waals surface area contributed by atoms with Crippen LogP contribution in [0.5, 0.6) is 0 Å². The third-order valence-electron chi connectivity index (χ3n) is 3.19. The molecular formula is C12H19N3O2S. The molecule has 0 aromatic carbocycles. The van der Waals surface area contributed by atoms with Crippen LogP contribution in [0.25, 0.3) is 0 Å². The van der Waals surface area contributed by atoms with Gasteiger partial charge in [-0.05, 0) is 25.0 Å². The van der Waals surface area contributed by atoms with Crippen molar-refractivity contribution in [2.45, 2.75) is 18.9 Å². The Morgan fingerprint density at radius 3 is 2.72 bits per heavy atom. The van der Waals surface area contributed by atoms with Gasteiger partial charge < -0.3 is 4.90 Å². The second-order valence-electron chi connectivity index (χ2n) is 4.85. The molecule has 18 heavy (non-hydrogen) atoms. The molecule has 0 radical (unpaired) electrons. The molecule has 1 fully saturated rings. The SMILES string of the molecule is CN(C)c1cccc(C2CCCN2S(C)(=O)=O)n1. The first-order valence-electron chi connectivity index (χ1n) is 6.00. The Hall–Kier alpha value is -1.14. The van der Waals surface area contributed by atoms with Crippen molar-refractivity contribution in [3.8, 4) is 0 Å². The summed E-state index contributed by atoms with van der Waals surface area (Å²) in [7, 11) is 0.698. The maximum absolute atomic E-state index is 11.7. The molecule has 1 aromatic heterocycles. The number of hydrogen-bond acceptors (Lipinski definition) is 4. The van der Waals surface area contributed by atoms with E-state index >= 15 is 0 Å². The Bertz CT molecular complexity index is 528. The van der Waals surface area contributed by atoms with Crippen LogP contribution in [0.1, 0.15) is 24.6 Å². The predicted molar refractivity (Wildman–Crippen MR) is 72.1 cm³/mol. The van der Waals surface area contributed by atoms with Gasteiger partial charge in [0.25, 0.3) is 0 Å². The molecule has 1 aliphatic heterocycles. The van der Waals surface area contributed by atoms with Crippen LogP contribution in [-0.2, 0) is 10.0 Å². The maximum Gasteiger partial charge on any atom is 0.211 e. The number of nitrogens with zero attached hydrogens (tertiary/aromatic N) is 3. The molecule has 1 atom stereocenters. The van der Waals surface area contributed by atoms with E-state index in [4.69, 9.17) is 0 Å². The molecule has 0 N–H and O–H groups in total. The van der Waals surface area contributed by atoms with Gasteiger partial charge in [-0.3, -0.25) is 0 Å². The van der Waals surface area contributed by atoms with E-state index in [1.165, 1.54) is 6.26 Å². The molecule has 5 nitrogen and oxygen atoms in total. The number of aromatic nitrogens is 1. The maximum atomic E-state index is 11.7. The Kier molecular flexibility index (Phi) is 3.59. The molecule has 2 rings (SSSR count). The molecule has 1 aromatic rings. The van der Waals surface area contributed by atoms with Crippen molar-refractivity contribution in [1.82, 2.24) is 9.29 Å². The highest BCUT2D eigenvalue weighted by Crippen LogP contribution is 2.33. The number of pyridine rings is 1. The molecule has 100 valence electrons. The normalized spacial score (nSPS) is 21.2. The van der Waals surface area contributed by atoms with E-state index in [0.717, 1.165) is 24.4 Å². The molecule has 1 aliphatic rings. The van der Waals surface area contributed by atoms with E-state index < -0.39 is 10.0 Å². The van der Waals surface area contributed by atoms with E-state index in [1.54, 1.807) is 4.31 Å². The van der Waals surface area contributed by atoms with E-state index in [1.807, 2.05) is 37.2 Å². The van der Waals surface area contributed by atoms with Crippen LogP contribution < -0.4 is 4.90 Å². The first-order valence-corrected chi connectivity index (χ1v) is 7.85. The van der Waals surface area contributed by atoms with Crippen LogP contribution in [0, 0.1) is 0 Å². The quantitative estimate of drug-likeness (QED) is 0.828. The van der Waals surface area contributed by atoms with Crippen molar-refractivity contribution in [2.75, 3.05) is 31.8 Å². The second kappa shape index (κ2) is 4.85. The molecule has 2 heterocycles. The van der Waals surface area contributed by atoms with Gasteiger partial charge in [0.05, 0.1) is 18.0 Å². The smallest absolute Gasteiger partial charge is 0.211 e. The van der Waals surface area contributed by atoms with Gasteiger partial charge in [0.2, 0.25) is 10.0 Å². The number of anilines is 1. The summed E-state index contributed by atoms with van der Waals surface area (Å²) in [5.41, 5.74) is 0.837. The van der Waals surface area contributed by atoms with Gasteiger partial charge in [-0.25, -0.2) is 13.4 Å². The van der Waals surface area contributed by atoms with Crippen molar-refractivity contribution in [1.29, 1.82) is 0 Å². The van der Waals surface area contributed by atoms with Crippen molar-refractivity contribution in [3.63, 3.8) is 0 Å². The highest BCUT2D eigenvalue weighted by atomic mass is 32.2. The number of hydrogen-bond donors (Lipinski definition) is 0. The molecule has 1 saturated heterocycles. The van der Waals surface area contributed by atoms with Gasteiger partial charge in [0.15, 0.2) is 0 Å². The Morgan fingerprint density at radius 1 is 1.39 bits per heavy atom. The van der Waals surface area contributed by atoms with Gasteiger partial charge in [0, 0.05) is 20.6 Å². The lowest BCUT2D eigenvalue weighted by atomic mass is 10.1. The summed E-state index contributed by atoms with van der Waals surface area (Å²) in [6.45, 7) is 0.595. The summed E-state index contributed by atoms with van der Waals surface area (Å²) < 4.78 is 25.0. The van der Waals surface area contributed by atoms with E-state index in [2.05, 4.69) is 4.98 Å². The number of rotatable bonds is 3. The monoisotopic (exact) mass is 269 g/mol.